The van der Waals surface area contributed by atoms with E-state index < -0.39 is 11.4 Å². The Hall–Kier alpha value is -0.420. The zero-order chi connectivity index (χ0) is 13.5. The summed E-state index contributed by atoms with van der Waals surface area (Å²) >= 11 is 10.4. The number of hydrogen-bond acceptors (Lipinski definition) is 2. The van der Waals surface area contributed by atoms with Crippen LogP contribution in [-0.4, -0.2) is 5.11 Å². The quantitative estimate of drug-likeness (QED) is 0.767. The average molecular weight is 350 g/mol. The lowest BCUT2D eigenvalue weighted by atomic mass is 9.92. The molecule has 96 valence electrons. The van der Waals surface area contributed by atoms with Crippen molar-refractivity contribution in [2.24, 2.45) is 0 Å². The molecule has 0 fully saturated rings. The summed E-state index contributed by atoms with van der Waals surface area (Å²) in [5.74, 6) is -0.594. The smallest absolute Gasteiger partial charge is 0.149 e. The van der Waals surface area contributed by atoms with Crippen LogP contribution in [0.15, 0.2) is 28.1 Å². The van der Waals surface area contributed by atoms with E-state index in [4.69, 9.17) is 11.6 Å². The molecule has 5 heteroatoms. The van der Waals surface area contributed by atoms with Gasteiger partial charge in [-0.25, -0.2) is 4.39 Å². The van der Waals surface area contributed by atoms with E-state index in [1.54, 1.807) is 19.1 Å². The van der Waals surface area contributed by atoms with Gasteiger partial charge in [0.2, 0.25) is 0 Å². The molecule has 2 aromatic rings. The number of aliphatic hydroxyl groups is 1. The lowest BCUT2D eigenvalue weighted by Gasteiger charge is -2.24. The van der Waals surface area contributed by atoms with E-state index in [0.717, 1.165) is 10.4 Å². The minimum Gasteiger partial charge on any atom is -0.380 e. The molecule has 1 aromatic carbocycles. The van der Waals surface area contributed by atoms with E-state index in [-0.39, 0.29) is 10.6 Å². The number of benzene rings is 1. The van der Waals surface area contributed by atoms with Gasteiger partial charge >= 0.3 is 0 Å². The fourth-order valence-corrected chi connectivity index (χ4v) is 3.37. The van der Waals surface area contributed by atoms with Crippen molar-refractivity contribution in [2.45, 2.75) is 19.4 Å². The summed E-state index contributed by atoms with van der Waals surface area (Å²) in [4.78, 5) is 0.722. The second kappa shape index (κ2) is 4.93. The summed E-state index contributed by atoms with van der Waals surface area (Å²) in [6.45, 7) is 3.47. The Morgan fingerprint density at radius 1 is 1.39 bits per heavy atom. The maximum absolute atomic E-state index is 14.2. The largest absolute Gasteiger partial charge is 0.380 e. The Balaban J connectivity index is 2.62. The monoisotopic (exact) mass is 348 g/mol. The third kappa shape index (κ3) is 2.23. The molecule has 0 spiro atoms. The van der Waals surface area contributed by atoms with Gasteiger partial charge in [-0.05, 0) is 52.9 Å². The van der Waals surface area contributed by atoms with Crippen LogP contribution in [0.5, 0.6) is 0 Å². The third-order valence-electron chi connectivity index (χ3n) is 2.86. The van der Waals surface area contributed by atoms with Crippen LogP contribution in [0.25, 0.3) is 0 Å². The first-order valence-corrected chi connectivity index (χ1v) is 7.31. The van der Waals surface area contributed by atoms with Crippen molar-refractivity contribution in [3.05, 3.63) is 54.9 Å². The summed E-state index contributed by atoms with van der Waals surface area (Å²) < 4.78 is 14.6. The highest BCUT2D eigenvalue weighted by molar-refractivity contribution is 9.10. The summed E-state index contributed by atoms with van der Waals surface area (Å²) in [5.41, 5.74) is -0.267. The second-order valence-electron chi connectivity index (χ2n) is 4.23. The van der Waals surface area contributed by atoms with Gasteiger partial charge in [0.15, 0.2) is 0 Å². The molecule has 0 amide bonds. The first-order valence-electron chi connectivity index (χ1n) is 5.26. The predicted octanol–water partition coefficient (Wildman–Crippen LogP) is 4.87. The molecule has 0 bridgehead atoms. The highest BCUT2D eigenvalue weighted by Gasteiger charge is 2.32. The van der Waals surface area contributed by atoms with Crippen molar-refractivity contribution in [1.82, 2.24) is 0 Å². The molecule has 0 aliphatic carbocycles. The van der Waals surface area contributed by atoms with Crippen molar-refractivity contribution in [2.75, 3.05) is 0 Å². The van der Waals surface area contributed by atoms with Crippen molar-refractivity contribution in [3.63, 3.8) is 0 Å². The SMILES string of the molecule is Cc1ccsc1C(C)(O)c1ccc(Br)c(Cl)c1F. The van der Waals surface area contributed by atoms with Crippen molar-refractivity contribution >= 4 is 38.9 Å². The molecular formula is C13H11BrClFOS. The number of hydrogen-bond donors (Lipinski definition) is 1. The lowest BCUT2D eigenvalue weighted by molar-refractivity contribution is 0.101. The van der Waals surface area contributed by atoms with E-state index >= 15 is 0 Å². The fourth-order valence-electron chi connectivity index (χ4n) is 1.90. The van der Waals surface area contributed by atoms with E-state index in [1.165, 1.54) is 11.3 Å². The van der Waals surface area contributed by atoms with E-state index in [0.29, 0.717) is 4.47 Å². The van der Waals surface area contributed by atoms with E-state index in [1.807, 2.05) is 18.4 Å². The summed E-state index contributed by atoms with van der Waals surface area (Å²) in [5, 5.41) is 12.5. The molecule has 0 aliphatic rings. The fraction of sp³-hybridized carbons (Fsp3) is 0.231. The molecule has 1 unspecified atom stereocenters. The summed E-state index contributed by atoms with van der Waals surface area (Å²) in [6, 6.07) is 5.08. The molecule has 18 heavy (non-hydrogen) atoms. The Bertz CT molecular complexity index is 595. The van der Waals surface area contributed by atoms with Crippen LogP contribution >= 0.6 is 38.9 Å². The molecular weight excluding hydrogens is 339 g/mol. The van der Waals surface area contributed by atoms with Crippen LogP contribution in [0.1, 0.15) is 22.9 Å². The Morgan fingerprint density at radius 2 is 2.06 bits per heavy atom. The third-order valence-corrected chi connectivity index (χ3v) is 5.35. The van der Waals surface area contributed by atoms with Crippen LogP contribution in [0.4, 0.5) is 4.39 Å². The van der Waals surface area contributed by atoms with Crippen LogP contribution in [0.2, 0.25) is 5.02 Å². The van der Waals surface area contributed by atoms with Gasteiger partial charge in [-0.2, -0.15) is 0 Å². The molecule has 0 radical (unpaired) electrons. The van der Waals surface area contributed by atoms with Gasteiger partial charge < -0.3 is 5.11 Å². The van der Waals surface area contributed by atoms with Gasteiger partial charge in [-0.3, -0.25) is 0 Å². The summed E-state index contributed by atoms with van der Waals surface area (Å²) in [7, 11) is 0. The molecule has 1 N–H and O–H groups in total. The highest BCUT2D eigenvalue weighted by Crippen LogP contribution is 2.39. The van der Waals surface area contributed by atoms with E-state index in [2.05, 4.69) is 15.9 Å². The molecule has 1 nitrogen and oxygen atoms in total. The second-order valence-corrected chi connectivity index (χ2v) is 6.38. The summed E-state index contributed by atoms with van der Waals surface area (Å²) in [6.07, 6.45) is 0. The van der Waals surface area contributed by atoms with Gasteiger partial charge in [-0.1, -0.05) is 17.7 Å². The minimum atomic E-state index is -1.38. The highest BCUT2D eigenvalue weighted by atomic mass is 79.9. The van der Waals surface area contributed by atoms with Gasteiger partial charge in [0, 0.05) is 14.9 Å². The zero-order valence-electron chi connectivity index (χ0n) is 9.80. The van der Waals surface area contributed by atoms with Gasteiger partial charge in [0.05, 0.1) is 5.02 Å². The Kier molecular flexibility index (Phi) is 3.83. The first kappa shape index (κ1) is 14.0. The van der Waals surface area contributed by atoms with Crippen molar-refractivity contribution < 1.29 is 9.50 Å². The van der Waals surface area contributed by atoms with Crippen LogP contribution in [0.3, 0.4) is 0 Å². The molecule has 1 atom stereocenters. The van der Waals surface area contributed by atoms with Crippen molar-refractivity contribution in [3.8, 4) is 0 Å². The standard InChI is InChI=1S/C13H11BrClFOS/c1-7-5-6-18-12(7)13(2,17)8-3-4-9(14)10(15)11(8)16/h3-6,17H,1-2H3. The number of thiophene rings is 1. The molecule has 0 saturated carbocycles. The number of halogens is 3. The molecule has 1 aromatic heterocycles. The Morgan fingerprint density at radius 3 is 2.61 bits per heavy atom. The number of rotatable bonds is 2. The van der Waals surface area contributed by atoms with E-state index in [9.17, 15) is 9.50 Å². The predicted molar refractivity (Wildman–Crippen MR) is 76.8 cm³/mol. The molecule has 0 aliphatic heterocycles. The normalized spacial score (nSPS) is 14.6. The maximum atomic E-state index is 14.2. The van der Waals surface area contributed by atoms with Crippen LogP contribution in [0, 0.1) is 12.7 Å². The van der Waals surface area contributed by atoms with Crippen LogP contribution < -0.4 is 0 Å². The lowest BCUT2D eigenvalue weighted by Crippen LogP contribution is -2.24. The topological polar surface area (TPSA) is 20.2 Å². The molecule has 1 heterocycles. The number of aryl methyl sites for hydroxylation is 1. The van der Waals surface area contributed by atoms with Gasteiger partial charge in [0.1, 0.15) is 11.4 Å². The first-order chi connectivity index (χ1) is 8.35. The van der Waals surface area contributed by atoms with Gasteiger partial charge in [0.25, 0.3) is 0 Å². The Labute approximate surface area is 122 Å². The molecule has 0 saturated heterocycles. The van der Waals surface area contributed by atoms with Gasteiger partial charge in [-0.15, -0.1) is 11.3 Å². The van der Waals surface area contributed by atoms with Crippen LogP contribution in [-0.2, 0) is 5.60 Å². The zero-order valence-corrected chi connectivity index (χ0v) is 13.0. The molecule has 2 rings (SSSR count). The average Bonchev–Trinajstić information content (AvgIpc) is 2.73. The van der Waals surface area contributed by atoms with Crippen molar-refractivity contribution in [1.29, 1.82) is 0 Å². The minimum absolute atomic E-state index is 0.0121. The maximum Gasteiger partial charge on any atom is 0.149 e.